The van der Waals surface area contributed by atoms with Crippen LogP contribution in [0.2, 0.25) is 0 Å². The van der Waals surface area contributed by atoms with Gasteiger partial charge >= 0.3 is 5.97 Å². The number of ether oxygens (including phenoxy) is 3. The summed E-state index contributed by atoms with van der Waals surface area (Å²) in [6, 6.07) is 3.45. The van der Waals surface area contributed by atoms with Gasteiger partial charge in [0.25, 0.3) is 0 Å². The van der Waals surface area contributed by atoms with Crippen LogP contribution in [0.5, 0.6) is 5.75 Å². The predicted molar refractivity (Wildman–Crippen MR) is 66.8 cm³/mol. The monoisotopic (exact) mass is 253 g/mol. The van der Waals surface area contributed by atoms with E-state index in [-0.39, 0.29) is 5.69 Å². The largest absolute Gasteiger partial charge is 0.491 e. The summed E-state index contributed by atoms with van der Waals surface area (Å²) >= 11 is 0. The second-order valence-electron chi connectivity index (χ2n) is 3.62. The van der Waals surface area contributed by atoms with Gasteiger partial charge in [-0.1, -0.05) is 0 Å². The molecule has 5 heteroatoms. The van der Waals surface area contributed by atoms with Crippen LogP contribution in [0.4, 0.5) is 0 Å². The Kier molecular flexibility index (Phi) is 6.79. The molecule has 1 aromatic heterocycles. The minimum Gasteiger partial charge on any atom is -0.491 e. The molecule has 0 saturated heterocycles. The average molecular weight is 253 g/mol. The maximum atomic E-state index is 11.6. The highest BCUT2D eigenvalue weighted by atomic mass is 16.5. The van der Waals surface area contributed by atoms with Crippen molar-refractivity contribution in [1.29, 1.82) is 0 Å². The van der Waals surface area contributed by atoms with Gasteiger partial charge in [0.15, 0.2) is 11.4 Å². The van der Waals surface area contributed by atoms with E-state index in [1.165, 1.54) is 0 Å². The van der Waals surface area contributed by atoms with Gasteiger partial charge in [0.2, 0.25) is 0 Å². The zero-order valence-electron chi connectivity index (χ0n) is 10.8. The quantitative estimate of drug-likeness (QED) is 0.524. The average Bonchev–Trinajstić information content (AvgIpc) is 2.39. The predicted octanol–water partition coefficient (Wildman–Crippen LogP) is 2.06. The molecular weight excluding hydrogens is 234 g/mol. The van der Waals surface area contributed by atoms with Crippen molar-refractivity contribution in [2.24, 2.45) is 0 Å². The lowest BCUT2D eigenvalue weighted by molar-refractivity contribution is 0.0514. The Bertz CT molecular complexity index is 368. The Hall–Kier alpha value is -1.62. The zero-order chi connectivity index (χ0) is 13.2. The van der Waals surface area contributed by atoms with E-state index in [2.05, 4.69) is 4.98 Å². The van der Waals surface area contributed by atoms with Crippen molar-refractivity contribution < 1.29 is 19.0 Å². The number of esters is 1. The van der Waals surface area contributed by atoms with E-state index in [1.807, 2.05) is 0 Å². The number of nitrogens with zero attached hydrogens (tertiary/aromatic N) is 1. The van der Waals surface area contributed by atoms with Crippen LogP contribution < -0.4 is 4.74 Å². The van der Waals surface area contributed by atoms with E-state index in [9.17, 15) is 4.79 Å². The third kappa shape index (κ3) is 4.71. The molecule has 1 rings (SSSR count). The number of hydrogen-bond acceptors (Lipinski definition) is 5. The molecular formula is C13H19NO4. The van der Waals surface area contributed by atoms with Crippen molar-refractivity contribution in [3.63, 3.8) is 0 Å². The molecule has 0 aromatic carbocycles. The molecule has 0 aliphatic rings. The SMILES string of the molecule is CCOC(=O)c1ncccc1OCCCCOC. The number of rotatable bonds is 8. The van der Waals surface area contributed by atoms with Gasteiger partial charge in [-0.15, -0.1) is 0 Å². The summed E-state index contributed by atoms with van der Waals surface area (Å²) < 4.78 is 15.4. The molecule has 5 nitrogen and oxygen atoms in total. The molecule has 0 bridgehead atoms. The van der Waals surface area contributed by atoms with E-state index >= 15 is 0 Å². The first-order chi connectivity index (χ1) is 8.79. The number of carbonyl (C=O) groups excluding carboxylic acids is 1. The van der Waals surface area contributed by atoms with Crippen LogP contribution in [0.15, 0.2) is 18.3 Å². The molecule has 100 valence electrons. The van der Waals surface area contributed by atoms with Crippen LogP contribution in [-0.2, 0) is 9.47 Å². The third-order valence-electron chi connectivity index (χ3n) is 2.24. The second-order valence-corrected chi connectivity index (χ2v) is 3.62. The van der Waals surface area contributed by atoms with E-state index in [4.69, 9.17) is 14.2 Å². The number of unbranched alkanes of at least 4 members (excludes halogenated alkanes) is 1. The molecule has 0 aliphatic carbocycles. The molecule has 18 heavy (non-hydrogen) atoms. The van der Waals surface area contributed by atoms with Gasteiger partial charge in [0.1, 0.15) is 0 Å². The van der Waals surface area contributed by atoms with Crippen molar-refractivity contribution in [3.8, 4) is 5.75 Å². The highest BCUT2D eigenvalue weighted by Gasteiger charge is 2.14. The lowest BCUT2D eigenvalue weighted by atomic mass is 10.3. The first kappa shape index (κ1) is 14.4. The summed E-state index contributed by atoms with van der Waals surface area (Å²) in [5.41, 5.74) is 0.228. The Morgan fingerprint density at radius 3 is 2.83 bits per heavy atom. The number of methoxy groups -OCH3 is 1. The number of hydrogen-bond donors (Lipinski definition) is 0. The first-order valence-electron chi connectivity index (χ1n) is 6.03. The van der Waals surface area contributed by atoms with Crippen LogP contribution >= 0.6 is 0 Å². The Balaban J connectivity index is 2.51. The summed E-state index contributed by atoms with van der Waals surface area (Å²) in [6.45, 7) is 3.32. The molecule has 1 aromatic rings. The van der Waals surface area contributed by atoms with Crippen LogP contribution in [-0.4, -0.2) is 37.9 Å². The smallest absolute Gasteiger partial charge is 0.360 e. The molecule has 0 saturated carbocycles. The van der Waals surface area contributed by atoms with Gasteiger partial charge in [-0.3, -0.25) is 0 Å². The Morgan fingerprint density at radius 1 is 1.33 bits per heavy atom. The van der Waals surface area contributed by atoms with E-state index in [0.717, 1.165) is 12.8 Å². The van der Waals surface area contributed by atoms with Gasteiger partial charge in [0, 0.05) is 19.9 Å². The minimum atomic E-state index is -0.454. The van der Waals surface area contributed by atoms with Crippen molar-refractivity contribution >= 4 is 5.97 Å². The Labute approximate surface area is 107 Å². The standard InChI is InChI=1S/C13H19NO4/c1-3-17-13(15)12-11(7-6-8-14-12)18-10-5-4-9-16-2/h6-8H,3-5,9-10H2,1-2H3. The van der Waals surface area contributed by atoms with Gasteiger partial charge in [-0.25, -0.2) is 9.78 Å². The van der Waals surface area contributed by atoms with Crippen molar-refractivity contribution in [3.05, 3.63) is 24.0 Å². The summed E-state index contributed by atoms with van der Waals surface area (Å²) in [5, 5.41) is 0. The third-order valence-corrected chi connectivity index (χ3v) is 2.24. The number of carbonyl (C=O) groups is 1. The van der Waals surface area contributed by atoms with Crippen molar-refractivity contribution in [2.75, 3.05) is 26.9 Å². The highest BCUT2D eigenvalue weighted by Crippen LogP contribution is 2.16. The van der Waals surface area contributed by atoms with Crippen molar-refractivity contribution in [2.45, 2.75) is 19.8 Å². The fourth-order valence-electron chi connectivity index (χ4n) is 1.39. The molecule has 0 fully saturated rings. The van der Waals surface area contributed by atoms with Gasteiger partial charge < -0.3 is 14.2 Å². The molecule has 0 atom stereocenters. The number of pyridine rings is 1. The fraction of sp³-hybridized carbons (Fsp3) is 0.538. The maximum Gasteiger partial charge on any atom is 0.360 e. The second kappa shape index (κ2) is 8.47. The fourth-order valence-corrected chi connectivity index (χ4v) is 1.39. The molecule has 0 unspecified atom stereocenters. The summed E-state index contributed by atoms with van der Waals surface area (Å²) in [4.78, 5) is 15.6. The minimum absolute atomic E-state index is 0.228. The van der Waals surface area contributed by atoms with Crippen LogP contribution in [0.1, 0.15) is 30.3 Å². The molecule has 0 amide bonds. The Morgan fingerprint density at radius 2 is 2.11 bits per heavy atom. The topological polar surface area (TPSA) is 57.7 Å². The van der Waals surface area contributed by atoms with Gasteiger partial charge in [-0.05, 0) is 31.9 Å². The van der Waals surface area contributed by atoms with Crippen molar-refractivity contribution in [1.82, 2.24) is 4.98 Å². The zero-order valence-corrected chi connectivity index (χ0v) is 10.8. The first-order valence-corrected chi connectivity index (χ1v) is 6.03. The summed E-state index contributed by atoms with van der Waals surface area (Å²) in [6.07, 6.45) is 3.33. The van der Waals surface area contributed by atoms with Gasteiger partial charge in [0.05, 0.1) is 13.2 Å². The summed E-state index contributed by atoms with van der Waals surface area (Å²) in [7, 11) is 1.67. The van der Waals surface area contributed by atoms with E-state index in [0.29, 0.717) is 25.6 Å². The van der Waals surface area contributed by atoms with Crippen LogP contribution in [0, 0.1) is 0 Å². The lowest BCUT2D eigenvalue weighted by Gasteiger charge is -2.09. The highest BCUT2D eigenvalue weighted by molar-refractivity contribution is 5.90. The molecule has 0 N–H and O–H groups in total. The van der Waals surface area contributed by atoms with E-state index < -0.39 is 5.97 Å². The van der Waals surface area contributed by atoms with Gasteiger partial charge in [-0.2, -0.15) is 0 Å². The normalized spacial score (nSPS) is 10.1. The van der Waals surface area contributed by atoms with E-state index in [1.54, 1.807) is 32.4 Å². The van der Waals surface area contributed by atoms with Crippen LogP contribution in [0.25, 0.3) is 0 Å². The molecule has 1 heterocycles. The molecule has 0 aliphatic heterocycles. The molecule has 0 spiro atoms. The maximum absolute atomic E-state index is 11.6. The lowest BCUT2D eigenvalue weighted by Crippen LogP contribution is -2.10. The number of aromatic nitrogens is 1. The molecule has 0 radical (unpaired) electrons. The summed E-state index contributed by atoms with van der Waals surface area (Å²) in [5.74, 6) is 0.0124. The van der Waals surface area contributed by atoms with Crippen LogP contribution in [0.3, 0.4) is 0 Å².